The van der Waals surface area contributed by atoms with Gasteiger partial charge in [-0.2, -0.15) is 0 Å². The maximum atomic E-state index is 3.57. The zero-order chi connectivity index (χ0) is 10.5. The van der Waals surface area contributed by atoms with Crippen molar-refractivity contribution >= 4 is 17.1 Å². The highest BCUT2D eigenvalue weighted by Crippen LogP contribution is 2.46. The van der Waals surface area contributed by atoms with Crippen LogP contribution >= 0.6 is 0 Å². The van der Waals surface area contributed by atoms with E-state index >= 15 is 0 Å². The molecule has 1 N–H and O–H groups in total. The number of para-hydroxylation sites is 3. The Labute approximate surface area is 94.5 Å². The van der Waals surface area contributed by atoms with Gasteiger partial charge in [-0.05, 0) is 23.8 Å². The molecule has 78 valence electrons. The molecule has 0 bridgehead atoms. The molecule has 16 heavy (non-hydrogen) atoms. The van der Waals surface area contributed by atoms with Gasteiger partial charge in [0.1, 0.15) is 6.17 Å². The highest BCUT2D eigenvalue weighted by molar-refractivity contribution is 5.85. The van der Waals surface area contributed by atoms with Gasteiger partial charge in [0, 0.05) is 12.1 Å². The second-order valence-corrected chi connectivity index (χ2v) is 4.38. The number of hydrogen-bond donors (Lipinski definition) is 1. The molecule has 4 rings (SSSR count). The molecule has 0 saturated carbocycles. The minimum atomic E-state index is 0.412. The molecule has 0 unspecified atom stereocenters. The summed E-state index contributed by atoms with van der Waals surface area (Å²) < 4.78 is 0. The fourth-order valence-electron chi connectivity index (χ4n) is 2.78. The quantitative estimate of drug-likeness (QED) is 0.715. The van der Waals surface area contributed by atoms with Crippen molar-refractivity contribution in [2.75, 3.05) is 10.2 Å². The van der Waals surface area contributed by atoms with Crippen LogP contribution in [0.1, 0.15) is 5.56 Å². The Morgan fingerprint density at radius 2 is 1.69 bits per heavy atom. The number of nitrogens with one attached hydrogen (secondary N) is 1. The van der Waals surface area contributed by atoms with Gasteiger partial charge in [-0.1, -0.05) is 30.3 Å². The topological polar surface area (TPSA) is 15.3 Å². The first-order chi connectivity index (χ1) is 7.93. The van der Waals surface area contributed by atoms with Crippen molar-refractivity contribution in [1.29, 1.82) is 0 Å². The van der Waals surface area contributed by atoms with Crippen molar-refractivity contribution in [2.24, 2.45) is 0 Å². The van der Waals surface area contributed by atoms with E-state index in [-0.39, 0.29) is 0 Å². The van der Waals surface area contributed by atoms with Crippen LogP contribution in [0.25, 0.3) is 0 Å². The molecule has 0 radical (unpaired) electrons. The van der Waals surface area contributed by atoms with Crippen LogP contribution in [0, 0.1) is 0 Å². The average Bonchev–Trinajstić information content (AvgIpc) is 2.83. The Bertz CT molecular complexity index is 513. The number of hydrogen-bond acceptors (Lipinski definition) is 2. The van der Waals surface area contributed by atoms with Gasteiger partial charge in [0.2, 0.25) is 0 Å². The van der Waals surface area contributed by atoms with Gasteiger partial charge in [-0.3, -0.25) is 0 Å². The van der Waals surface area contributed by atoms with Gasteiger partial charge in [-0.25, -0.2) is 0 Å². The van der Waals surface area contributed by atoms with E-state index in [2.05, 4.69) is 58.7 Å². The summed E-state index contributed by atoms with van der Waals surface area (Å²) in [6.45, 7) is 0. The van der Waals surface area contributed by atoms with E-state index in [1.807, 2.05) is 0 Å². The van der Waals surface area contributed by atoms with Crippen LogP contribution < -0.4 is 10.2 Å². The van der Waals surface area contributed by atoms with Crippen LogP contribution in [0.15, 0.2) is 48.5 Å². The maximum absolute atomic E-state index is 3.57. The van der Waals surface area contributed by atoms with Crippen LogP contribution in [-0.2, 0) is 6.42 Å². The molecular weight excluding hydrogens is 196 g/mol. The van der Waals surface area contributed by atoms with Crippen LogP contribution in [0.3, 0.4) is 0 Å². The average molecular weight is 208 g/mol. The highest BCUT2D eigenvalue weighted by Gasteiger charge is 2.35. The molecule has 0 aromatic heterocycles. The SMILES string of the molecule is c1ccc2c(c1)C[C@H]1Nc3ccccc3N21. The Morgan fingerprint density at radius 3 is 2.62 bits per heavy atom. The number of benzene rings is 2. The van der Waals surface area contributed by atoms with Crippen molar-refractivity contribution in [3.8, 4) is 0 Å². The van der Waals surface area contributed by atoms with Crippen LogP contribution in [0.4, 0.5) is 17.1 Å². The fraction of sp³-hybridized carbons (Fsp3) is 0.143. The van der Waals surface area contributed by atoms with Crippen LogP contribution in [0.5, 0.6) is 0 Å². The highest BCUT2D eigenvalue weighted by atomic mass is 15.3. The summed E-state index contributed by atoms with van der Waals surface area (Å²) in [5.41, 5.74) is 5.35. The monoisotopic (exact) mass is 208 g/mol. The Hall–Kier alpha value is -1.96. The van der Waals surface area contributed by atoms with E-state index in [0.29, 0.717) is 6.17 Å². The number of anilines is 3. The van der Waals surface area contributed by atoms with E-state index in [4.69, 9.17) is 0 Å². The van der Waals surface area contributed by atoms with Gasteiger partial charge in [-0.15, -0.1) is 0 Å². The van der Waals surface area contributed by atoms with Gasteiger partial charge in [0.05, 0.1) is 11.4 Å². The van der Waals surface area contributed by atoms with Crippen molar-refractivity contribution in [1.82, 2.24) is 0 Å². The van der Waals surface area contributed by atoms with E-state index in [1.165, 1.54) is 22.6 Å². The first-order valence-corrected chi connectivity index (χ1v) is 5.66. The molecular formula is C14H12N2. The molecule has 0 aliphatic carbocycles. The molecule has 2 aromatic carbocycles. The van der Waals surface area contributed by atoms with E-state index < -0.39 is 0 Å². The third-order valence-electron chi connectivity index (χ3n) is 3.46. The summed E-state index contributed by atoms with van der Waals surface area (Å²) in [4.78, 5) is 2.41. The number of rotatable bonds is 0. The van der Waals surface area contributed by atoms with Gasteiger partial charge in [0.15, 0.2) is 0 Å². The number of fused-ring (bicyclic) bond motifs is 5. The lowest BCUT2D eigenvalue weighted by molar-refractivity contribution is 0.807. The number of nitrogens with zero attached hydrogens (tertiary/aromatic N) is 1. The van der Waals surface area contributed by atoms with E-state index in [9.17, 15) is 0 Å². The van der Waals surface area contributed by atoms with Crippen LogP contribution in [0.2, 0.25) is 0 Å². The lowest BCUT2D eigenvalue weighted by atomic mass is 10.1. The smallest absolute Gasteiger partial charge is 0.108 e. The molecule has 2 aliphatic heterocycles. The Balaban J connectivity index is 1.93. The third-order valence-corrected chi connectivity index (χ3v) is 3.46. The lowest BCUT2D eigenvalue weighted by Crippen LogP contribution is -2.27. The predicted molar refractivity (Wildman–Crippen MR) is 66.1 cm³/mol. The fourth-order valence-corrected chi connectivity index (χ4v) is 2.78. The first-order valence-electron chi connectivity index (χ1n) is 5.66. The normalized spacial score (nSPS) is 20.0. The van der Waals surface area contributed by atoms with Crippen LogP contribution in [-0.4, -0.2) is 6.17 Å². The van der Waals surface area contributed by atoms with Gasteiger partial charge >= 0.3 is 0 Å². The molecule has 2 heterocycles. The standard InChI is InChI=1S/C14H12N2/c1-3-7-12-10(5-1)9-14-15-11-6-2-4-8-13(11)16(12)14/h1-8,14-15H,9H2/t14-/m0/s1. The molecule has 0 amide bonds. The van der Waals surface area contributed by atoms with Crippen molar-refractivity contribution in [2.45, 2.75) is 12.6 Å². The van der Waals surface area contributed by atoms with Gasteiger partial charge in [0.25, 0.3) is 0 Å². The summed E-state index contributed by atoms with van der Waals surface area (Å²) in [6.07, 6.45) is 1.50. The summed E-state index contributed by atoms with van der Waals surface area (Å²) >= 11 is 0. The molecule has 1 atom stereocenters. The summed E-state index contributed by atoms with van der Waals surface area (Å²) in [6, 6.07) is 17.2. The molecule has 2 aliphatic rings. The zero-order valence-electron chi connectivity index (χ0n) is 8.85. The minimum Gasteiger partial charge on any atom is -0.363 e. The predicted octanol–water partition coefficient (Wildman–Crippen LogP) is 3.13. The lowest BCUT2D eigenvalue weighted by Gasteiger charge is -2.18. The molecule has 0 fully saturated rings. The van der Waals surface area contributed by atoms with Crippen molar-refractivity contribution in [3.05, 3.63) is 54.1 Å². The molecule has 2 nitrogen and oxygen atoms in total. The second kappa shape index (κ2) is 2.79. The summed E-state index contributed by atoms with van der Waals surface area (Å²) in [7, 11) is 0. The van der Waals surface area contributed by atoms with Crippen molar-refractivity contribution < 1.29 is 0 Å². The third kappa shape index (κ3) is 0.915. The molecule has 0 saturated heterocycles. The Morgan fingerprint density at radius 1 is 0.938 bits per heavy atom. The van der Waals surface area contributed by atoms with E-state index in [0.717, 1.165) is 6.42 Å². The largest absolute Gasteiger partial charge is 0.363 e. The van der Waals surface area contributed by atoms with E-state index in [1.54, 1.807) is 0 Å². The zero-order valence-corrected chi connectivity index (χ0v) is 8.85. The minimum absolute atomic E-state index is 0.412. The molecule has 2 heteroatoms. The summed E-state index contributed by atoms with van der Waals surface area (Å²) in [5.74, 6) is 0. The summed E-state index contributed by atoms with van der Waals surface area (Å²) in [5, 5.41) is 3.57. The first kappa shape index (κ1) is 8.22. The van der Waals surface area contributed by atoms with Gasteiger partial charge < -0.3 is 10.2 Å². The molecule has 0 spiro atoms. The molecule has 2 aromatic rings. The second-order valence-electron chi connectivity index (χ2n) is 4.38. The van der Waals surface area contributed by atoms with Crippen molar-refractivity contribution in [3.63, 3.8) is 0 Å². The maximum Gasteiger partial charge on any atom is 0.108 e. The Kier molecular flexibility index (Phi) is 1.43.